The van der Waals surface area contributed by atoms with E-state index in [9.17, 15) is 5.11 Å². The Morgan fingerprint density at radius 3 is 2.41 bits per heavy atom. The third-order valence-corrected chi connectivity index (χ3v) is 2.80. The lowest BCUT2D eigenvalue weighted by atomic mass is 10.1. The van der Waals surface area contributed by atoms with Gasteiger partial charge in [-0.15, -0.1) is 0 Å². The van der Waals surface area contributed by atoms with Crippen LogP contribution in [0.1, 0.15) is 25.8 Å². The average Bonchev–Trinajstić information content (AvgIpc) is 2.37. The molecule has 1 aromatic rings. The van der Waals surface area contributed by atoms with Crippen molar-refractivity contribution < 1.29 is 14.6 Å². The molecule has 1 N–H and O–H groups in total. The molecule has 0 saturated carbocycles. The fourth-order valence-electron chi connectivity index (χ4n) is 1.58. The molecular formula is C14H22O3. The van der Waals surface area contributed by atoms with Crippen LogP contribution in [0.3, 0.4) is 0 Å². The summed E-state index contributed by atoms with van der Waals surface area (Å²) < 4.78 is 10.7. The van der Waals surface area contributed by atoms with Crippen molar-refractivity contribution in [1.29, 1.82) is 0 Å². The first kappa shape index (κ1) is 14.0. The summed E-state index contributed by atoms with van der Waals surface area (Å²) in [5, 5.41) is 9.62. The molecule has 0 aliphatic rings. The molecule has 1 rings (SSSR count). The number of methoxy groups -OCH3 is 1. The van der Waals surface area contributed by atoms with Crippen LogP contribution in [-0.2, 0) is 11.2 Å². The summed E-state index contributed by atoms with van der Waals surface area (Å²) in [6, 6.07) is 7.92. The first-order valence-electron chi connectivity index (χ1n) is 6.10. The Bertz CT molecular complexity index is 308. The lowest BCUT2D eigenvalue weighted by molar-refractivity contribution is 0.0451. The van der Waals surface area contributed by atoms with Crippen molar-refractivity contribution >= 4 is 0 Å². The summed E-state index contributed by atoms with van der Waals surface area (Å²) in [5.41, 5.74) is 1.22. The minimum absolute atomic E-state index is 0.176. The summed E-state index contributed by atoms with van der Waals surface area (Å²) in [6.45, 7) is 4.55. The first-order chi connectivity index (χ1) is 8.17. The third-order valence-electron chi connectivity index (χ3n) is 2.80. The van der Waals surface area contributed by atoms with Gasteiger partial charge >= 0.3 is 0 Å². The normalized spacial score (nSPS) is 14.4. The van der Waals surface area contributed by atoms with Crippen LogP contribution >= 0.6 is 0 Å². The highest BCUT2D eigenvalue weighted by molar-refractivity contribution is 5.27. The lowest BCUT2D eigenvalue weighted by Crippen LogP contribution is -2.27. The fourth-order valence-corrected chi connectivity index (χ4v) is 1.58. The molecule has 96 valence electrons. The molecule has 0 fully saturated rings. The standard InChI is InChI=1S/C14H22O3/c1-4-14(15)11(2)17-13-7-5-12(6-8-13)9-10-16-3/h5-8,11,14-15H,4,9-10H2,1-3H3. The highest BCUT2D eigenvalue weighted by atomic mass is 16.5. The molecule has 1 aromatic carbocycles. The van der Waals surface area contributed by atoms with Gasteiger partial charge in [-0.3, -0.25) is 0 Å². The van der Waals surface area contributed by atoms with E-state index in [4.69, 9.17) is 9.47 Å². The second-order valence-electron chi connectivity index (χ2n) is 4.19. The Balaban J connectivity index is 2.50. The van der Waals surface area contributed by atoms with Gasteiger partial charge in [0.25, 0.3) is 0 Å². The Labute approximate surface area is 103 Å². The van der Waals surface area contributed by atoms with E-state index in [1.165, 1.54) is 5.56 Å². The van der Waals surface area contributed by atoms with Gasteiger partial charge in [-0.05, 0) is 37.5 Å². The minimum Gasteiger partial charge on any atom is -0.488 e. The Morgan fingerprint density at radius 1 is 1.24 bits per heavy atom. The SMILES string of the molecule is CCC(O)C(C)Oc1ccc(CCOC)cc1. The third kappa shape index (κ3) is 4.75. The molecule has 2 unspecified atom stereocenters. The highest BCUT2D eigenvalue weighted by Gasteiger charge is 2.13. The largest absolute Gasteiger partial charge is 0.488 e. The molecule has 2 atom stereocenters. The molecule has 0 aliphatic carbocycles. The van der Waals surface area contributed by atoms with Crippen molar-refractivity contribution in [2.45, 2.75) is 38.9 Å². The maximum atomic E-state index is 9.62. The van der Waals surface area contributed by atoms with E-state index >= 15 is 0 Å². The Hall–Kier alpha value is -1.06. The second-order valence-corrected chi connectivity index (χ2v) is 4.19. The predicted octanol–water partition coefficient (Wildman–Crippen LogP) is 2.41. The number of ether oxygens (including phenoxy) is 2. The molecule has 0 spiro atoms. The van der Waals surface area contributed by atoms with Crippen molar-refractivity contribution in [3.63, 3.8) is 0 Å². The van der Waals surface area contributed by atoms with Crippen LogP contribution in [0.2, 0.25) is 0 Å². The quantitative estimate of drug-likeness (QED) is 0.793. The van der Waals surface area contributed by atoms with Crippen LogP contribution in [0.4, 0.5) is 0 Å². The van der Waals surface area contributed by atoms with Crippen molar-refractivity contribution in [2.75, 3.05) is 13.7 Å². The zero-order valence-electron chi connectivity index (χ0n) is 10.8. The molecule has 17 heavy (non-hydrogen) atoms. The average molecular weight is 238 g/mol. The summed E-state index contributed by atoms with van der Waals surface area (Å²) in [6.07, 6.45) is 1.02. The number of hydrogen-bond acceptors (Lipinski definition) is 3. The number of benzene rings is 1. The maximum absolute atomic E-state index is 9.62. The van der Waals surface area contributed by atoms with E-state index in [0.29, 0.717) is 6.42 Å². The summed E-state index contributed by atoms with van der Waals surface area (Å²) in [7, 11) is 1.70. The molecular weight excluding hydrogens is 216 g/mol. The monoisotopic (exact) mass is 238 g/mol. The zero-order chi connectivity index (χ0) is 12.7. The fraction of sp³-hybridized carbons (Fsp3) is 0.571. The van der Waals surface area contributed by atoms with Crippen molar-refractivity contribution in [3.05, 3.63) is 29.8 Å². The predicted molar refractivity (Wildman–Crippen MR) is 68.4 cm³/mol. The maximum Gasteiger partial charge on any atom is 0.122 e. The number of aliphatic hydroxyl groups is 1. The Morgan fingerprint density at radius 2 is 1.88 bits per heavy atom. The molecule has 0 bridgehead atoms. The van der Waals surface area contributed by atoms with E-state index in [2.05, 4.69) is 0 Å². The van der Waals surface area contributed by atoms with Gasteiger partial charge in [0.05, 0.1) is 12.7 Å². The van der Waals surface area contributed by atoms with Crippen molar-refractivity contribution in [1.82, 2.24) is 0 Å². The smallest absolute Gasteiger partial charge is 0.122 e. The van der Waals surface area contributed by atoms with Crippen LogP contribution < -0.4 is 4.74 Å². The lowest BCUT2D eigenvalue weighted by Gasteiger charge is -2.19. The minimum atomic E-state index is -0.414. The van der Waals surface area contributed by atoms with Gasteiger partial charge in [0.1, 0.15) is 11.9 Å². The van der Waals surface area contributed by atoms with E-state index in [1.807, 2.05) is 38.1 Å². The molecule has 0 aromatic heterocycles. The van der Waals surface area contributed by atoms with E-state index < -0.39 is 6.10 Å². The second kappa shape index (κ2) is 7.30. The number of aliphatic hydroxyl groups excluding tert-OH is 1. The Kier molecular flexibility index (Phi) is 6.01. The first-order valence-corrected chi connectivity index (χ1v) is 6.10. The molecule has 0 aliphatic heterocycles. The molecule has 0 radical (unpaired) electrons. The van der Waals surface area contributed by atoms with Crippen molar-refractivity contribution in [3.8, 4) is 5.75 Å². The van der Waals surface area contributed by atoms with Crippen LogP contribution in [0, 0.1) is 0 Å². The topological polar surface area (TPSA) is 38.7 Å². The van der Waals surface area contributed by atoms with Crippen LogP contribution in [-0.4, -0.2) is 31.0 Å². The van der Waals surface area contributed by atoms with Gasteiger partial charge in [-0.2, -0.15) is 0 Å². The van der Waals surface area contributed by atoms with Crippen LogP contribution in [0.5, 0.6) is 5.75 Å². The zero-order valence-corrected chi connectivity index (χ0v) is 10.8. The van der Waals surface area contributed by atoms with Crippen LogP contribution in [0.15, 0.2) is 24.3 Å². The molecule has 3 heteroatoms. The summed E-state index contributed by atoms with van der Waals surface area (Å²) in [4.78, 5) is 0. The van der Waals surface area contributed by atoms with Gasteiger partial charge in [0, 0.05) is 7.11 Å². The van der Waals surface area contributed by atoms with Gasteiger partial charge in [0.15, 0.2) is 0 Å². The van der Waals surface area contributed by atoms with E-state index in [-0.39, 0.29) is 6.10 Å². The van der Waals surface area contributed by atoms with Gasteiger partial charge in [-0.25, -0.2) is 0 Å². The summed E-state index contributed by atoms with van der Waals surface area (Å²) >= 11 is 0. The summed E-state index contributed by atoms with van der Waals surface area (Å²) in [5.74, 6) is 0.797. The van der Waals surface area contributed by atoms with Crippen LogP contribution in [0.25, 0.3) is 0 Å². The molecule has 3 nitrogen and oxygen atoms in total. The molecule has 0 heterocycles. The van der Waals surface area contributed by atoms with Gasteiger partial charge < -0.3 is 14.6 Å². The van der Waals surface area contributed by atoms with E-state index in [1.54, 1.807) is 7.11 Å². The van der Waals surface area contributed by atoms with Gasteiger partial charge in [0.2, 0.25) is 0 Å². The highest BCUT2D eigenvalue weighted by Crippen LogP contribution is 2.16. The van der Waals surface area contributed by atoms with Crippen molar-refractivity contribution in [2.24, 2.45) is 0 Å². The number of rotatable bonds is 7. The number of hydrogen-bond donors (Lipinski definition) is 1. The van der Waals surface area contributed by atoms with Gasteiger partial charge in [-0.1, -0.05) is 19.1 Å². The molecule has 0 amide bonds. The van der Waals surface area contributed by atoms with E-state index in [0.717, 1.165) is 18.8 Å². The molecule has 0 saturated heterocycles.